The molecule has 2 aromatic rings. The van der Waals surface area contributed by atoms with E-state index in [0.717, 1.165) is 22.1 Å². The van der Waals surface area contributed by atoms with Crippen molar-refractivity contribution in [2.45, 2.75) is 32.0 Å². The van der Waals surface area contributed by atoms with E-state index in [1.807, 2.05) is 44.2 Å². The van der Waals surface area contributed by atoms with E-state index < -0.39 is 6.10 Å². The van der Waals surface area contributed by atoms with Crippen molar-refractivity contribution in [1.82, 2.24) is 0 Å². The van der Waals surface area contributed by atoms with E-state index in [0.29, 0.717) is 6.42 Å². The number of hydrogen-bond donors (Lipinski definition) is 1. The molecule has 0 spiro atoms. The zero-order chi connectivity index (χ0) is 12.0. The molecule has 2 nitrogen and oxygen atoms in total. The maximum Gasteiger partial charge on any atom is 0.126 e. The summed E-state index contributed by atoms with van der Waals surface area (Å²) in [6, 6.07) is 12.1. The van der Waals surface area contributed by atoms with E-state index in [1.165, 1.54) is 0 Å². The lowest BCUT2D eigenvalue weighted by molar-refractivity contribution is 0.0126. The van der Waals surface area contributed by atoms with Gasteiger partial charge in [-0.05, 0) is 30.7 Å². The monoisotopic (exact) mass is 228 g/mol. The van der Waals surface area contributed by atoms with E-state index in [9.17, 15) is 5.11 Å². The Kier molecular flexibility index (Phi) is 2.17. The van der Waals surface area contributed by atoms with Crippen LogP contribution in [0, 0.1) is 0 Å². The molecular weight excluding hydrogens is 212 g/mol. The lowest BCUT2D eigenvalue weighted by Gasteiger charge is -2.36. The summed E-state index contributed by atoms with van der Waals surface area (Å²) in [4.78, 5) is 0. The lowest BCUT2D eigenvalue weighted by atomic mass is 9.89. The number of aliphatic hydroxyl groups is 1. The molecule has 0 aliphatic carbocycles. The normalized spacial score (nSPS) is 21.9. The van der Waals surface area contributed by atoms with Crippen LogP contribution in [0.2, 0.25) is 0 Å². The van der Waals surface area contributed by atoms with Gasteiger partial charge >= 0.3 is 0 Å². The molecule has 3 rings (SSSR count). The first-order valence-electron chi connectivity index (χ1n) is 5.95. The van der Waals surface area contributed by atoms with Crippen LogP contribution in [-0.4, -0.2) is 10.7 Å². The van der Waals surface area contributed by atoms with Gasteiger partial charge in [-0.3, -0.25) is 0 Å². The summed E-state index contributed by atoms with van der Waals surface area (Å²) < 4.78 is 5.94. The van der Waals surface area contributed by atoms with E-state index in [-0.39, 0.29) is 5.60 Å². The lowest BCUT2D eigenvalue weighted by Crippen LogP contribution is -2.34. The molecule has 1 unspecified atom stereocenters. The van der Waals surface area contributed by atoms with Crippen molar-refractivity contribution in [3.63, 3.8) is 0 Å². The van der Waals surface area contributed by atoms with Crippen LogP contribution in [0.15, 0.2) is 36.4 Å². The maximum absolute atomic E-state index is 10.3. The highest BCUT2D eigenvalue weighted by Crippen LogP contribution is 2.42. The van der Waals surface area contributed by atoms with Gasteiger partial charge < -0.3 is 9.84 Å². The number of fused-ring (bicyclic) bond motifs is 3. The molecule has 1 heterocycles. The predicted octanol–water partition coefficient (Wildman–Crippen LogP) is 3.43. The smallest absolute Gasteiger partial charge is 0.126 e. The Morgan fingerprint density at radius 3 is 2.76 bits per heavy atom. The fourth-order valence-electron chi connectivity index (χ4n) is 2.62. The molecule has 2 aromatic carbocycles. The molecule has 1 atom stereocenters. The molecule has 0 saturated heterocycles. The highest BCUT2D eigenvalue weighted by molar-refractivity contribution is 5.88. The Morgan fingerprint density at radius 1 is 1.18 bits per heavy atom. The third-order valence-corrected chi connectivity index (χ3v) is 3.34. The van der Waals surface area contributed by atoms with Gasteiger partial charge in [0.1, 0.15) is 11.4 Å². The maximum atomic E-state index is 10.3. The van der Waals surface area contributed by atoms with Crippen LogP contribution in [0.25, 0.3) is 10.8 Å². The molecule has 2 heteroatoms. The highest BCUT2D eigenvalue weighted by atomic mass is 16.5. The standard InChI is InChI=1S/C15H16O2/c1-15(2)9-12(16)14-11-6-4-3-5-10(11)7-8-13(14)17-15/h3-8,12,16H,9H2,1-2H3. The quantitative estimate of drug-likeness (QED) is 0.748. The van der Waals surface area contributed by atoms with Gasteiger partial charge in [0, 0.05) is 12.0 Å². The van der Waals surface area contributed by atoms with Gasteiger partial charge in [0.05, 0.1) is 6.10 Å². The van der Waals surface area contributed by atoms with Crippen molar-refractivity contribution < 1.29 is 9.84 Å². The second-order valence-corrected chi connectivity index (χ2v) is 5.28. The zero-order valence-corrected chi connectivity index (χ0v) is 10.1. The van der Waals surface area contributed by atoms with E-state index in [1.54, 1.807) is 0 Å². The SMILES string of the molecule is CC1(C)CC(O)c2c(ccc3ccccc23)O1. The van der Waals surface area contributed by atoms with Crippen molar-refractivity contribution in [1.29, 1.82) is 0 Å². The predicted molar refractivity (Wildman–Crippen MR) is 68.2 cm³/mol. The molecular formula is C15H16O2. The van der Waals surface area contributed by atoms with Crippen LogP contribution >= 0.6 is 0 Å². The van der Waals surface area contributed by atoms with Crippen LogP contribution in [0.5, 0.6) is 5.75 Å². The Hall–Kier alpha value is -1.54. The number of ether oxygens (including phenoxy) is 1. The summed E-state index contributed by atoms with van der Waals surface area (Å²) >= 11 is 0. The average Bonchev–Trinajstić information content (AvgIpc) is 2.26. The fraction of sp³-hybridized carbons (Fsp3) is 0.333. The summed E-state index contributed by atoms with van der Waals surface area (Å²) in [7, 11) is 0. The Labute approximate surface area is 101 Å². The average molecular weight is 228 g/mol. The molecule has 0 saturated carbocycles. The molecule has 88 valence electrons. The van der Waals surface area contributed by atoms with Gasteiger partial charge in [-0.15, -0.1) is 0 Å². The minimum atomic E-state index is -0.445. The molecule has 0 amide bonds. The van der Waals surface area contributed by atoms with Crippen molar-refractivity contribution in [3.05, 3.63) is 42.0 Å². The minimum absolute atomic E-state index is 0.297. The Bertz CT molecular complexity index is 572. The third kappa shape index (κ3) is 1.69. The number of rotatable bonds is 0. The van der Waals surface area contributed by atoms with Crippen molar-refractivity contribution in [3.8, 4) is 5.75 Å². The van der Waals surface area contributed by atoms with Crippen LogP contribution in [0.4, 0.5) is 0 Å². The topological polar surface area (TPSA) is 29.5 Å². The summed E-state index contributed by atoms with van der Waals surface area (Å²) in [6.45, 7) is 4.02. The first kappa shape index (κ1) is 10.6. The Morgan fingerprint density at radius 2 is 1.94 bits per heavy atom. The van der Waals surface area contributed by atoms with E-state index in [2.05, 4.69) is 6.07 Å². The van der Waals surface area contributed by atoms with Crippen LogP contribution < -0.4 is 4.74 Å². The fourth-order valence-corrected chi connectivity index (χ4v) is 2.62. The van der Waals surface area contributed by atoms with Crippen LogP contribution in [-0.2, 0) is 0 Å². The molecule has 1 N–H and O–H groups in total. The summed E-state index contributed by atoms with van der Waals surface area (Å²) in [6.07, 6.45) is 0.188. The number of hydrogen-bond acceptors (Lipinski definition) is 2. The molecule has 0 aromatic heterocycles. The van der Waals surface area contributed by atoms with Crippen LogP contribution in [0.1, 0.15) is 31.9 Å². The van der Waals surface area contributed by atoms with Crippen LogP contribution in [0.3, 0.4) is 0 Å². The largest absolute Gasteiger partial charge is 0.487 e. The molecule has 0 fully saturated rings. The first-order valence-corrected chi connectivity index (χ1v) is 5.95. The molecule has 0 bridgehead atoms. The van der Waals surface area contributed by atoms with Gasteiger partial charge in [-0.25, -0.2) is 0 Å². The minimum Gasteiger partial charge on any atom is -0.487 e. The van der Waals surface area contributed by atoms with Gasteiger partial charge in [0.15, 0.2) is 0 Å². The van der Waals surface area contributed by atoms with Gasteiger partial charge in [0.25, 0.3) is 0 Å². The van der Waals surface area contributed by atoms with Crippen molar-refractivity contribution >= 4 is 10.8 Å². The van der Waals surface area contributed by atoms with E-state index in [4.69, 9.17) is 4.74 Å². The second-order valence-electron chi connectivity index (χ2n) is 5.28. The Balaban J connectivity index is 2.27. The van der Waals surface area contributed by atoms with E-state index >= 15 is 0 Å². The summed E-state index contributed by atoms with van der Waals surface area (Å²) in [5, 5.41) is 12.6. The summed E-state index contributed by atoms with van der Waals surface area (Å²) in [5.41, 5.74) is 0.636. The summed E-state index contributed by atoms with van der Waals surface area (Å²) in [5.74, 6) is 0.812. The molecule has 0 radical (unpaired) electrons. The second kappa shape index (κ2) is 3.47. The number of benzene rings is 2. The first-order chi connectivity index (χ1) is 8.07. The van der Waals surface area contributed by atoms with Crippen molar-refractivity contribution in [2.75, 3.05) is 0 Å². The zero-order valence-electron chi connectivity index (χ0n) is 10.1. The molecule has 17 heavy (non-hydrogen) atoms. The highest BCUT2D eigenvalue weighted by Gasteiger charge is 2.33. The molecule has 1 aliphatic heterocycles. The number of aliphatic hydroxyl groups excluding tert-OH is 1. The van der Waals surface area contributed by atoms with Gasteiger partial charge in [-0.2, -0.15) is 0 Å². The van der Waals surface area contributed by atoms with Crippen molar-refractivity contribution in [2.24, 2.45) is 0 Å². The van der Waals surface area contributed by atoms with Gasteiger partial charge in [-0.1, -0.05) is 30.3 Å². The molecule has 1 aliphatic rings. The van der Waals surface area contributed by atoms with Gasteiger partial charge in [0.2, 0.25) is 0 Å². The third-order valence-electron chi connectivity index (χ3n) is 3.34.